The summed E-state index contributed by atoms with van der Waals surface area (Å²) in [6.45, 7) is 8.62. The molecule has 1 aliphatic rings. The van der Waals surface area contributed by atoms with E-state index in [0.717, 1.165) is 5.39 Å². The van der Waals surface area contributed by atoms with Gasteiger partial charge in [-0.2, -0.15) is 0 Å². The maximum Gasteiger partial charge on any atom is 0.253 e. The molecule has 10 heteroatoms. The highest BCUT2D eigenvalue weighted by molar-refractivity contribution is 5.83. The quantitative estimate of drug-likeness (QED) is 0.654. The molecular weight excluding hydrogens is 400 g/mol. The van der Waals surface area contributed by atoms with Crippen LogP contribution in [0.15, 0.2) is 23.0 Å². The summed E-state index contributed by atoms with van der Waals surface area (Å²) in [7, 11) is 3.15. The predicted octanol–water partition coefficient (Wildman–Crippen LogP) is 1.71. The van der Waals surface area contributed by atoms with Crippen LogP contribution in [0.4, 0.5) is 0 Å². The van der Waals surface area contributed by atoms with Crippen LogP contribution < -0.4 is 15.0 Å². The SMILES string of the molecule is COc1cc2cc([C@@H](c3nnnn3C(C)(C)C)N3CCOCC3)c(=O)[nH]c2cc1OC. The molecule has 0 spiro atoms. The lowest BCUT2D eigenvalue weighted by molar-refractivity contribution is 0.0206. The van der Waals surface area contributed by atoms with Crippen LogP contribution in [0, 0.1) is 0 Å². The van der Waals surface area contributed by atoms with Crippen LogP contribution in [-0.4, -0.2) is 70.6 Å². The minimum Gasteiger partial charge on any atom is -0.493 e. The van der Waals surface area contributed by atoms with Crippen molar-refractivity contribution in [2.24, 2.45) is 0 Å². The second-order valence-corrected chi connectivity index (χ2v) is 8.52. The number of rotatable bonds is 5. The van der Waals surface area contributed by atoms with Crippen LogP contribution in [0.1, 0.15) is 38.2 Å². The Morgan fingerprint density at radius 1 is 1.10 bits per heavy atom. The first-order valence-electron chi connectivity index (χ1n) is 10.2. The zero-order valence-electron chi connectivity index (χ0n) is 18.5. The number of morpholine rings is 1. The third kappa shape index (κ3) is 4.00. The number of ether oxygens (including phenoxy) is 3. The Bertz CT molecular complexity index is 1130. The van der Waals surface area contributed by atoms with E-state index >= 15 is 0 Å². The lowest BCUT2D eigenvalue weighted by Crippen LogP contribution is -2.43. The van der Waals surface area contributed by atoms with Crippen molar-refractivity contribution in [2.45, 2.75) is 32.4 Å². The van der Waals surface area contributed by atoms with E-state index < -0.39 is 6.04 Å². The molecule has 10 nitrogen and oxygen atoms in total. The molecule has 1 saturated heterocycles. The van der Waals surface area contributed by atoms with Crippen molar-refractivity contribution in [2.75, 3.05) is 40.5 Å². The molecule has 1 aromatic carbocycles. The Kier molecular flexibility index (Phi) is 5.67. The van der Waals surface area contributed by atoms with Crippen molar-refractivity contribution < 1.29 is 14.2 Å². The first-order valence-corrected chi connectivity index (χ1v) is 10.2. The summed E-state index contributed by atoms with van der Waals surface area (Å²) in [6, 6.07) is 5.09. The predicted molar refractivity (Wildman–Crippen MR) is 115 cm³/mol. The molecule has 1 atom stereocenters. The Balaban J connectivity index is 1.92. The topological polar surface area (TPSA) is 107 Å². The summed E-state index contributed by atoms with van der Waals surface area (Å²) in [5.74, 6) is 1.77. The Labute approximate surface area is 180 Å². The summed E-state index contributed by atoms with van der Waals surface area (Å²) in [5.41, 5.74) is 0.702. The van der Waals surface area contributed by atoms with Gasteiger partial charge in [0.05, 0.1) is 38.5 Å². The number of nitrogens with one attached hydrogen (secondary N) is 1. The van der Waals surface area contributed by atoms with E-state index in [0.29, 0.717) is 54.7 Å². The second kappa shape index (κ2) is 8.27. The molecule has 2 aromatic heterocycles. The first-order chi connectivity index (χ1) is 14.8. The van der Waals surface area contributed by atoms with Crippen molar-refractivity contribution in [1.29, 1.82) is 0 Å². The summed E-state index contributed by atoms with van der Waals surface area (Å²) in [6.07, 6.45) is 0. The van der Waals surface area contributed by atoms with Crippen LogP contribution in [-0.2, 0) is 10.3 Å². The monoisotopic (exact) mass is 428 g/mol. The second-order valence-electron chi connectivity index (χ2n) is 8.52. The molecule has 4 rings (SSSR count). The number of benzene rings is 1. The van der Waals surface area contributed by atoms with Crippen molar-refractivity contribution >= 4 is 10.9 Å². The van der Waals surface area contributed by atoms with Gasteiger partial charge in [-0.25, -0.2) is 4.68 Å². The molecule has 31 heavy (non-hydrogen) atoms. The zero-order valence-corrected chi connectivity index (χ0v) is 18.5. The fourth-order valence-electron chi connectivity index (χ4n) is 3.93. The minimum absolute atomic E-state index is 0.195. The number of aromatic amines is 1. The lowest BCUT2D eigenvalue weighted by atomic mass is 10.0. The number of hydrogen-bond acceptors (Lipinski definition) is 8. The number of tetrazole rings is 1. The largest absolute Gasteiger partial charge is 0.493 e. The Morgan fingerprint density at radius 3 is 2.42 bits per heavy atom. The van der Waals surface area contributed by atoms with Gasteiger partial charge < -0.3 is 19.2 Å². The summed E-state index contributed by atoms with van der Waals surface area (Å²) < 4.78 is 18.1. The standard InChI is InChI=1S/C21H28N6O4/c1-21(2,3)27-19(23-24-25-27)18(26-6-8-31-9-7-26)14-10-13-11-16(29-4)17(30-5)12-15(13)22-20(14)28/h10-12,18H,6-9H2,1-5H3,(H,22,28)/t18-/m0/s1. The highest BCUT2D eigenvalue weighted by Crippen LogP contribution is 2.34. The molecule has 0 saturated carbocycles. The van der Waals surface area contributed by atoms with Crippen molar-refractivity contribution in [3.63, 3.8) is 0 Å². The number of pyridine rings is 1. The molecule has 166 valence electrons. The summed E-state index contributed by atoms with van der Waals surface area (Å²) in [5, 5.41) is 13.3. The van der Waals surface area contributed by atoms with Crippen LogP contribution in [0.3, 0.4) is 0 Å². The lowest BCUT2D eigenvalue weighted by Gasteiger charge is -2.34. The molecule has 0 bridgehead atoms. The fourth-order valence-corrected chi connectivity index (χ4v) is 3.93. The third-order valence-corrected chi connectivity index (χ3v) is 5.46. The Hall–Kier alpha value is -2.98. The number of H-pyrrole nitrogens is 1. The van der Waals surface area contributed by atoms with Crippen molar-refractivity contribution in [3.8, 4) is 11.5 Å². The molecule has 0 radical (unpaired) electrons. The maximum absolute atomic E-state index is 13.3. The number of nitrogens with zero attached hydrogens (tertiary/aromatic N) is 5. The van der Waals surface area contributed by atoms with E-state index in [1.54, 1.807) is 25.0 Å². The van der Waals surface area contributed by atoms with E-state index in [1.807, 2.05) is 32.9 Å². The Morgan fingerprint density at radius 2 is 1.77 bits per heavy atom. The van der Waals surface area contributed by atoms with Crippen LogP contribution >= 0.6 is 0 Å². The summed E-state index contributed by atoms with van der Waals surface area (Å²) in [4.78, 5) is 18.5. The van der Waals surface area contributed by atoms with Crippen molar-refractivity contribution in [1.82, 2.24) is 30.1 Å². The minimum atomic E-state index is -0.417. The average molecular weight is 428 g/mol. The van der Waals surface area contributed by atoms with Crippen molar-refractivity contribution in [3.05, 3.63) is 39.9 Å². The third-order valence-electron chi connectivity index (χ3n) is 5.46. The maximum atomic E-state index is 13.3. The van der Waals surface area contributed by atoms with Crippen LogP contribution in [0.5, 0.6) is 11.5 Å². The number of hydrogen-bond donors (Lipinski definition) is 1. The molecule has 1 aliphatic heterocycles. The van der Waals surface area contributed by atoms with Gasteiger partial charge in [-0.15, -0.1) is 5.10 Å². The molecule has 0 amide bonds. The molecule has 3 heterocycles. The van der Waals surface area contributed by atoms with Gasteiger partial charge in [-0.05, 0) is 43.3 Å². The van der Waals surface area contributed by atoms with Crippen LogP contribution in [0.2, 0.25) is 0 Å². The van der Waals surface area contributed by atoms with Crippen LogP contribution in [0.25, 0.3) is 10.9 Å². The normalized spacial score (nSPS) is 16.4. The van der Waals surface area contributed by atoms with Gasteiger partial charge in [0, 0.05) is 30.1 Å². The molecular formula is C21H28N6O4. The van der Waals surface area contributed by atoms with Gasteiger partial charge in [-0.1, -0.05) is 0 Å². The molecule has 1 N–H and O–H groups in total. The first kappa shape index (κ1) is 21.3. The van der Waals surface area contributed by atoms with Gasteiger partial charge in [0.15, 0.2) is 17.3 Å². The van der Waals surface area contributed by atoms with E-state index in [9.17, 15) is 4.79 Å². The zero-order chi connectivity index (χ0) is 22.2. The van der Waals surface area contributed by atoms with Gasteiger partial charge in [0.25, 0.3) is 5.56 Å². The average Bonchev–Trinajstić information content (AvgIpc) is 3.24. The smallest absolute Gasteiger partial charge is 0.253 e. The molecule has 0 aliphatic carbocycles. The van der Waals surface area contributed by atoms with Gasteiger partial charge in [0.1, 0.15) is 6.04 Å². The number of fused-ring (bicyclic) bond motifs is 1. The van der Waals surface area contributed by atoms with E-state index in [4.69, 9.17) is 14.2 Å². The van der Waals surface area contributed by atoms with Gasteiger partial charge in [-0.3, -0.25) is 9.69 Å². The molecule has 3 aromatic rings. The van der Waals surface area contributed by atoms with Gasteiger partial charge in [0.2, 0.25) is 0 Å². The molecule has 1 fully saturated rings. The number of methoxy groups -OCH3 is 2. The van der Waals surface area contributed by atoms with E-state index in [1.165, 1.54) is 0 Å². The highest BCUT2D eigenvalue weighted by Gasteiger charge is 2.34. The van der Waals surface area contributed by atoms with Gasteiger partial charge >= 0.3 is 0 Å². The van der Waals surface area contributed by atoms with E-state index in [2.05, 4.69) is 25.4 Å². The fraction of sp³-hybridized carbons (Fsp3) is 0.524. The molecule has 0 unspecified atom stereocenters. The summed E-state index contributed by atoms with van der Waals surface area (Å²) >= 11 is 0. The highest BCUT2D eigenvalue weighted by atomic mass is 16.5. The number of aromatic nitrogens is 5. The van der Waals surface area contributed by atoms with E-state index in [-0.39, 0.29) is 11.1 Å².